The number of rotatable bonds is 3. The number of hydrogen-bond donors (Lipinski definition) is 1. The van der Waals surface area contributed by atoms with E-state index >= 15 is 0 Å². The number of anilines is 2. The highest BCUT2D eigenvalue weighted by Crippen LogP contribution is 2.30. The van der Waals surface area contributed by atoms with Crippen LogP contribution in [0, 0.1) is 26.7 Å². The fourth-order valence-corrected chi connectivity index (χ4v) is 3.43. The maximum atomic E-state index is 12.4. The van der Waals surface area contributed by atoms with Gasteiger partial charge in [0, 0.05) is 29.7 Å². The van der Waals surface area contributed by atoms with E-state index in [4.69, 9.17) is 0 Å². The second-order valence-electron chi connectivity index (χ2n) is 5.89. The molecule has 0 bridgehead atoms. The molecule has 5 nitrogen and oxygen atoms in total. The molecule has 3 rings (SSSR count). The Kier molecular flexibility index (Phi) is 4.17. The number of benzene rings is 1. The van der Waals surface area contributed by atoms with Crippen molar-refractivity contribution in [2.45, 2.75) is 27.2 Å². The molecule has 6 heteroatoms. The lowest BCUT2D eigenvalue weighted by Crippen LogP contribution is -2.28. The molecule has 1 aromatic heterocycles. The summed E-state index contributed by atoms with van der Waals surface area (Å²) in [5, 5.41) is 3.40. The largest absolute Gasteiger partial charge is 0.311 e. The number of nitrogens with zero attached hydrogens (tertiary/aromatic N) is 2. The van der Waals surface area contributed by atoms with Gasteiger partial charge in [-0.1, -0.05) is 12.1 Å². The molecule has 0 radical (unpaired) electrons. The predicted molar refractivity (Wildman–Crippen MR) is 91.9 cm³/mol. The first kappa shape index (κ1) is 15.7. The maximum Gasteiger partial charge on any atom is 0.231 e. The second-order valence-corrected chi connectivity index (χ2v) is 7.12. The van der Waals surface area contributed by atoms with Crippen LogP contribution in [0.5, 0.6) is 0 Å². The number of thiazole rings is 1. The minimum absolute atomic E-state index is 0.00540. The quantitative estimate of drug-likeness (QED) is 0.941. The Morgan fingerprint density at radius 1 is 1.35 bits per heavy atom. The summed E-state index contributed by atoms with van der Waals surface area (Å²) in [4.78, 5) is 31.6. The van der Waals surface area contributed by atoms with Gasteiger partial charge >= 0.3 is 0 Å². The van der Waals surface area contributed by atoms with Gasteiger partial charge < -0.3 is 10.2 Å². The number of aryl methyl sites for hydroxylation is 2. The van der Waals surface area contributed by atoms with Gasteiger partial charge in [-0.05, 0) is 38.0 Å². The Hall–Kier alpha value is -2.21. The van der Waals surface area contributed by atoms with Crippen molar-refractivity contribution < 1.29 is 9.59 Å². The first-order chi connectivity index (χ1) is 11.0. The monoisotopic (exact) mass is 329 g/mol. The lowest BCUT2D eigenvalue weighted by Gasteiger charge is -2.20. The van der Waals surface area contributed by atoms with E-state index in [2.05, 4.69) is 10.3 Å². The summed E-state index contributed by atoms with van der Waals surface area (Å²) in [6.07, 6.45) is 1.96. The van der Waals surface area contributed by atoms with E-state index in [9.17, 15) is 9.59 Å². The summed E-state index contributed by atoms with van der Waals surface area (Å²) in [5.74, 6) is -0.485. The fraction of sp³-hybridized carbons (Fsp3) is 0.353. The third kappa shape index (κ3) is 3.12. The number of nitrogens with one attached hydrogen (secondary N) is 1. The van der Waals surface area contributed by atoms with Gasteiger partial charge in [-0.25, -0.2) is 4.98 Å². The highest BCUT2D eigenvalue weighted by Gasteiger charge is 2.36. The van der Waals surface area contributed by atoms with E-state index in [1.54, 1.807) is 11.1 Å². The van der Waals surface area contributed by atoms with Gasteiger partial charge in [-0.2, -0.15) is 0 Å². The van der Waals surface area contributed by atoms with Crippen molar-refractivity contribution in [2.75, 3.05) is 16.8 Å². The summed E-state index contributed by atoms with van der Waals surface area (Å²) in [6.45, 7) is 6.38. The lowest BCUT2D eigenvalue weighted by molar-refractivity contribution is -0.122. The van der Waals surface area contributed by atoms with Crippen molar-refractivity contribution in [3.63, 3.8) is 0 Å². The zero-order chi connectivity index (χ0) is 16.6. The van der Waals surface area contributed by atoms with Gasteiger partial charge in [-0.3, -0.25) is 9.59 Å². The van der Waals surface area contributed by atoms with Gasteiger partial charge in [0.1, 0.15) is 0 Å². The molecule has 2 aromatic rings. The third-order valence-corrected chi connectivity index (χ3v) is 5.04. The van der Waals surface area contributed by atoms with Crippen molar-refractivity contribution in [3.8, 4) is 0 Å². The Balaban J connectivity index is 1.74. The third-order valence-electron chi connectivity index (χ3n) is 4.21. The summed E-state index contributed by atoms with van der Waals surface area (Å²) in [7, 11) is 0. The number of amides is 2. The van der Waals surface area contributed by atoms with Crippen LogP contribution in [0.1, 0.15) is 22.4 Å². The number of hydrogen-bond acceptors (Lipinski definition) is 4. The predicted octanol–water partition coefficient (Wildman–Crippen LogP) is 3.06. The van der Waals surface area contributed by atoms with Crippen LogP contribution in [0.3, 0.4) is 0 Å². The standard InChI is InChI=1S/C17H19N3O2S/c1-10-5-4-6-14(12(10)3)20-9-13(7-15(20)21)16(22)19-17-18-8-11(2)23-17/h4-6,8,13H,7,9H2,1-3H3,(H,18,19,22)/t13-/m1/s1. The van der Waals surface area contributed by atoms with E-state index in [-0.39, 0.29) is 24.2 Å². The molecule has 0 spiro atoms. The Bertz CT molecular complexity index is 769. The number of carbonyl (C=O) groups excluding carboxylic acids is 2. The topological polar surface area (TPSA) is 62.3 Å². The summed E-state index contributed by atoms with van der Waals surface area (Å²) in [5.41, 5.74) is 3.12. The van der Waals surface area contributed by atoms with Crippen LogP contribution < -0.4 is 10.2 Å². The zero-order valence-corrected chi connectivity index (χ0v) is 14.2. The highest BCUT2D eigenvalue weighted by molar-refractivity contribution is 7.15. The molecule has 0 unspecified atom stereocenters. The molecular weight excluding hydrogens is 310 g/mol. The first-order valence-corrected chi connectivity index (χ1v) is 8.37. The van der Waals surface area contributed by atoms with E-state index in [0.717, 1.165) is 21.7 Å². The van der Waals surface area contributed by atoms with Gasteiger partial charge in [0.05, 0.1) is 5.92 Å². The number of carbonyl (C=O) groups is 2. The summed E-state index contributed by atoms with van der Waals surface area (Å²) < 4.78 is 0. The average molecular weight is 329 g/mol. The molecule has 1 atom stereocenters. The van der Waals surface area contributed by atoms with E-state index in [1.807, 2.05) is 39.0 Å². The first-order valence-electron chi connectivity index (χ1n) is 7.55. The summed E-state index contributed by atoms with van der Waals surface area (Å²) in [6, 6.07) is 5.90. The lowest BCUT2D eigenvalue weighted by atomic mass is 10.1. The molecule has 2 amide bonds. The Morgan fingerprint density at radius 2 is 2.13 bits per heavy atom. The Morgan fingerprint density at radius 3 is 2.83 bits per heavy atom. The molecule has 1 aliphatic heterocycles. The van der Waals surface area contributed by atoms with E-state index in [0.29, 0.717) is 11.7 Å². The van der Waals surface area contributed by atoms with Crippen LogP contribution in [0.2, 0.25) is 0 Å². The van der Waals surface area contributed by atoms with Crippen molar-refractivity contribution in [3.05, 3.63) is 40.4 Å². The Labute approximate surface area is 139 Å². The normalized spacial score (nSPS) is 17.6. The van der Waals surface area contributed by atoms with E-state index < -0.39 is 0 Å². The zero-order valence-electron chi connectivity index (χ0n) is 13.4. The van der Waals surface area contributed by atoms with Crippen LogP contribution >= 0.6 is 11.3 Å². The molecule has 1 aliphatic rings. The van der Waals surface area contributed by atoms with E-state index in [1.165, 1.54) is 11.3 Å². The molecule has 120 valence electrons. The summed E-state index contributed by atoms with van der Waals surface area (Å²) >= 11 is 1.44. The molecule has 0 saturated carbocycles. The second kappa shape index (κ2) is 6.12. The average Bonchev–Trinajstić information content (AvgIpc) is 3.08. The van der Waals surface area contributed by atoms with Gasteiger partial charge in [0.15, 0.2) is 5.13 Å². The van der Waals surface area contributed by atoms with Crippen molar-refractivity contribution >= 4 is 34.0 Å². The van der Waals surface area contributed by atoms with Crippen LogP contribution in [-0.4, -0.2) is 23.3 Å². The van der Waals surface area contributed by atoms with Crippen LogP contribution in [-0.2, 0) is 9.59 Å². The molecule has 1 aromatic carbocycles. The van der Waals surface area contributed by atoms with Gasteiger partial charge in [0.25, 0.3) is 0 Å². The minimum atomic E-state index is -0.341. The molecule has 0 aliphatic carbocycles. The van der Waals surface area contributed by atoms with Crippen molar-refractivity contribution in [1.82, 2.24) is 4.98 Å². The van der Waals surface area contributed by atoms with Gasteiger partial charge in [-0.15, -0.1) is 11.3 Å². The smallest absolute Gasteiger partial charge is 0.231 e. The molecule has 1 N–H and O–H groups in total. The molecule has 1 fully saturated rings. The molecular formula is C17H19N3O2S. The number of aromatic nitrogens is 1. The minimum Gasteiger partial charge on any atom is -0.311 e. The molecule has 2 heterocycles. The maximum absolute atomic E-state index is 12.4. The molecule has 23 heavy (non-hydrogen) atoms. The SMILES string of the molecule is Cc1cnc(NC(=O)[C@@H]2CC(=O)N(c3cccc(C)c3C)C2)s1. The van der Waals surface area contributed by atoms with Crippen LogP contribution in [0.4, 0.5) is 10.8 Å². The fourth-order valence-electron chi connectivity index (χ4n) is 2.76. The van der Waals surface area contributed by atoms with Crippen LogP contribution in [0.25, 0.3) is 0 Å². The molecule has 1 saturated heterocycles. The highest BCUT2D eigenvalue weighted by atomic mass is 32.1. The van der Waals surface area contributed by atoms with Crippen LogP contribution in [0.15, 0.2) is 24.4 Å². The van der Waals surface area contributed by atoms with Crippen molar-refractivity contribution in [1.29, 1.82) is 0 Å². The van der Waals surface area contributed by atoms with Crippen molar-refractivity contribution in [2.24, 2.45) is 5.92 Å². The van der Waals surface area contributed by atoms with Gasteiger partial charge in [0.2, 0.25) is 11.8 Å².